The first-order valence-corrected chi connectivity index (χ1v) is 3.23. The topological polar surface area (TPSA) is 26.0 Å². The van der Waals surface area contributed by atoms with Gasteiger partial charge in [0.1, 0.15) is 0 Å². The van der Waals surface area contributed by atoms with E-state index in [9.17, 15) is 13.2 Å². The van der Waals surface area contributed by atoms with E-state index >= 15 is 0 Å². The molecule has 0 radical (unpaired) electrons. The van der Waals surface area contributed by atoms with E-state index in [0.717, 1.165) is 0 Å². The van der Waals surface area contributed by atoms with Gasteiger partial charge < -0.3 is 5.73 Å². The van der Waals surface area contributed by atoms with Gasteiger partial charge in [-0.2, -0.15) is 13.2 Å². The van der Waals surface area contributed by atoms with Gasteiger partial charge in [-0.25, -0.2) is 0 Å². The van der Waals surface area contributed by atoms with E-state index in [-0.39, 0.29) is 19.3 Å². The van der Waals surface area contributed by atoms with Crippen LogP contribution >= 0.6 is 0 Å². The van der Waals surface area contributed by atoms with Gasteiger partial charge in [0.15, 0.2) is 0 Å². The largest absolute Gasteiger partial charge is 0.394 e. The van der Waals surface area contributed by atoms with Crippen molar-refractivity contribution in [3.05, 3.63) is 0 Å². The van der Waals surface area contributed by atoms with E-state index in [4.69, 9.17) is 5.73 Å². The third-order valence-electron chi connectivity index (χ3n) is 2.67. The Kier molecular flexibility index (Phi) is 0.788. The Balaban J connectivity index is 2.11. The highest BCUT2D eigenvalue weighted by molar-refractivity contribution is 5.24. The molecule has 10 heavy (non-hydrogen) atoms. The molecule has 58 valence electrons. The Bertz CT molecular complexity index is 164. The first-order valence-electron chi connectivity index (χ1n) is 3.23. The molecule has 4 heteroatoms. The van der Waals surface area contributed by atoms with Gasteiger partial charge >= 0.3 is 6.18 Å². The molecule has 3 aliphatic carbocycles. The summed E-state index contributed by atoms with van der Waals surface area (Å²) in [5.41, 5.74) is 3.67. The molecule has 2 bridgehead atoms. The fourth-order valence-electron chi connectivity index (χ4n) is 2.17. The lowest BCUT2D eigenvalue weighted by molar-refractivity contribution is -0.332. The molecular formula is C6H8F3N. The van der Waals surface area contributed by atoms with Crippen LogP contribution in [0.25, 0.3) is 0 Å². The third kappa shape index (κ3) is 0.493. The van der Waals surface area contributed by atoms with Crippen molar-refractivity contribution in [3.8, 4) is 0 Å². The minimum absolute atomic E-state index is 0.156. The molecule has 0 aromatic rings. The average molecular weight is 151 g/mol. The van der Waals surface area contributed by atoms with Crippen molar-refractivity contribution in [2.45, 2.75) is 31.0 Å². The highest BCUT2D eigenvalue weighted by Gasteiger charge is 2.77. The second kappa shape index (κ2) is 1.22. The fraction of sp³-hybridized carbons (Fsp3) is 1.00. The summed E-state index contributed by atoms with van der Waals surface area (Å²) in [7, 11) is 0. The van der Waals surface area contributed by atoms with Crippen molar-refractivity contribution in [3.63, 3.8) is 0 Å². The van der Waals surface area contributed by atoms with Gasteiger partial charge in [-0.05, 0) is 19.3 Å². The Labute approximate surface area is 56.4 Å². The number of rotatable bonds is 0. The molecule has 0 spiro atoms. The number of hydrogen-bond donors (Lipinski definition) is 1. The molecule has 1 nitrogen and oxygen atoms in total. The zero-order valence-corrected chi connectivity index (χ0v) is 5.33. The van der Waals surface area contributed by atoms with Crippen LogP contribution in [-0.4, -0.2) is 11.7 Å². The Morgan fingerprint density at radius 3 is 1.60 bits per heavy atom. The molecule has 2 N–H and O–H groups in total. The van der Waals surface area contributed by atoms with Crippen LogP contribution in [0.1, 0.15) is 19.3 Å². The average Bonchev–Trinajstić information content (AvgIpc) is 1.51. The van der Waals surface area contributed by atoms with Gasteiger partial charge in [-0.1, -0.05) is 0 Å². The lowest BCUT2D eigenvalue weighted by Gasteiger charge is -2.68. The molecule has 3 saturated carbocycles. The van der Waals surface area contributed by atoms with E-state index < -0.39 is 17.1 Å². The number of nitrogens with two attached hydrogens (primary N) is 1. The van der Waals surface area contributed by atoms with Crippen molar-refractivity contribution in [2.24, 2.45) is 11.1 Å². The molecule has 0 aromatic carbocycles. The smallest absolute Gasteiger partial charge is 0.325 e. The first-order chi connectivity index (χ1) is 4.37. The maximum atomic E-state index is 12.0. The highest BCUT2D eigenvalue weighted by atomic mass is 19.4. The molecule has 3 fully saturated rings. The van der Waals surface area contributed by atoms with Gasteiger partial charge in [0.05, 0.1) is 5.41 Å². The van der Waals surface area contributed by atoms with Gasteiger partial charge in [-0.3, -0.25) is 0 Å². The number of halogens is 3. The summed E-state index contributed by atoms with van der Waals surface area (Å²) in [5, 5.41) is 0. The SMILES string of the molecule is NC12CC(C(F)(F)F)(C1)C2. The predicted molar refractivity (Wildman–Crippen MR) is 29.3 cm³/mol. The summed E-state index contributed by atoms with van der Waals surface area (Å²) >= 11 is 0. The Hall–Kier alpha value is -0.250. The summed E-state index contributed by atoms with van der Waals surface area (Å²) in [5.74, 6) is 0. The van der Waals surface area contributed by atoms with Crippen LogP contribution in [0.2, 0.25) is 0 Å². The third-order valence-corrected chi connectivity index (χ3v) is 2.67. The lowest BCUT2D eigenvalue weighted by atomic mass is 9.39. The monoisotopic (exact) mass is 151 g/mol. The van der Waals surface area contributed by atoms with Crippen molar-refractivity contribution < 1.29 is 13.2 Å². The van der Waals surface area contributed by atoms with Crippen molar-refractivity contribution in [1.82, 2.24) is 0 Å². The second-order valence-electron chi connectivity index (χ2n) is 3.67. The standard InChI is InChI=1S/C6H8F3N/c7-6(8,9)4-1-5(10,2-4)3-4/h1-3,10H2. The van der Waals surface area contributed by atoms with Crippen LogP contribution in [0.4, 0.5) is 13.2 Å². The van der Waals surface area contributed by atoms with E-state index in [0.29, 0.717) is 0 Å². The van der Waals surface area contributed by atoms with Crippen LogP contribution in [-0.2, 0) is 0 Å². The summed E-state index contributed by atoms with van der Waals surface area (Å²) in [4.78, 5) is 0. The van der Waals surface area contributed by atoms with Crippen LogP contribution in [0, 0.1) is 5.41 Å². The summed E-state index contributed by atoms with van der Waals surface area (Å²) in [6, 6.07) is 0. The number of hydrogen-bond acceptors (Lipinski definition) is 1. The van der Waals surface area contributed by atoms with Gasteiger partial charge in [0, 0.05) is 5.54 Å². The zero-order valence-electron chi connectivity index (χ0n) is 5.33. The van der Waals surface area contributed by atoms with Gasteiger partial charge in [0.2, 0.25) is 0 Å². The van der Waals surface area contributed by atoms with E-state index in [1.165, 1.54) is 0 Å². The molecule has 0 atom stereocenters. The zero-order chi connectivity index (χ0) is 7.62. The predicted octanol–water partition coefficient (Wildman–Crippen LogP) is 1.43. The maximum absolute atomic E-state index is 12.0. The molecule has 0 aliphatic heterocycles. The molecule has 3 rings (SSSR count). The first kappa shape index (κ1) is 6.46. The summed E-state index contributed by atoms with van der Waals surface area (Å²) in [6.07, 6.45) is -3.54. The van der Waals surface area contributed by atoms with E-state index in [1.54, 1.807) is 0 Å². The number of alkyl halides is 3. The quantitative estimate of drug-likeness (QED) is 0.556. The molecular weight excluding hydrogens is 143 g/mol. The fourth-order valence-corrected chi connectivity index (χ4v) is 2.17. The highest BCUT2D eigenvalue weighted by Crippen LogP contribution is 2.72. The van der Waals surface area contributed by atoms with Crippen LogP contribution in [0.15, 0.2) is 0 Å². The van der Waals surface area contributed by atoms with Crippen LogP contribution < -0.4 is 5.73 Å². The molecule has 3 aliphatic rings. The normalized spacial score (nSPS) is 51.6. The molecule has 0 aromatic heterocycles. The van der Waals surface area contributed by atoms with Crippen molar-refractivity contribution >= 4 is 0 Å². The minimum Gasteiger partial charge on any atom is -0.325 e. The minimum atomic E-state index is -4.01. The molecule has 0 saturated heterocycles. The van der Waals surface area contributed by atoms with Gasteiger partial charge in [-0.15, -0.1) is 0 Å². The van der Waals surface area contributed by atoms with Crippen molar-refractivity contribution in [2.75, 3.05) is 0 Å². The summed E-state index contributed by atoms with van der Waals surface area (Å²) in [6.45, 7) is 0. The van der Waals surface area contributed by atoms with Crippen molar-refractivity contribution in [1.29, 1.82) is 0 Å². The second-order valence-corrected chi connectivity index (χ2v) is 3.67. The van der Waals surface area contributed by atoms with Gasteiger partial charge in [0.25, 0.3) is 0 Å². The maximum Gasteiger partial charge on any atom is 0.394 e. The van der Waals surface area contributed by atoms with E-state index in [1.807, 2.05) is 0 Å². The molecule has 0 heterocycles. The van der Waals surface area contributed by atoms with Crippen LogP contribution in [0.5, 0.6) is 0 Å². The van der Waals surface area contributed by atoms with Crippen LogP contribution in [0.3, 0.4) is 0 Å². The molecule has 0 amide bonds. The Morgan fingerprint density at radius 1 is 1.10 bits per heavy atom. The Morgan fingerprint density at radius 2 is 1.50 bits per heavy atom. The lowest BCUT2D eigenvalue weighted by Crippen LogP contribution is -2.76. The van der Waals surface area contributed by atoms with E-state index in [2.05, 4.69) is 0 Å². The molecule has 0 unspecified atom stereocenters. The summed E-state index contributed by atoms with van der Waals surface area (Å²) < 4.78 is 36.1.